The molecule has 5 fully saturated rings. The van der Waals surface area contributed by atoms with Crippen molar-refractivity contribution < 1.29 is 19.4 Å². The van der Waals surface area contributed by atoms with E-state index >= 15 is 0 Å². The van der Waals surface area contributed by atoms with Crippen molar-refractivity contribution in [2.45, 2.75) is 106 Å². The number of fused-ring (bicyclic) bond motifs is 7. The molecule has 5 saturated carbocycles. The molecule has 1 aromatic rings. The summed E-state index contributed by atoms with van der Waals surface area (Å²) in [6.07, 6.45) is 10.1. The van der Waals surface area contributed by atoms with Crippen molar-refractivity contribution in [2.24, 2.45) is 61.8 Å². The molecule has 1 N–H and O–H groups in total. The van der Waals surface area contributed by atoms with Crippen molar-refractivity contribution in [2.75, 3.05) is 12.5 Å². The molecule has 0 radical (unpaired) electrons. The Morgan fingerprint density at radius 2 is 1.66 bits per heavy atom. The number of rotatable bonds is 6. The molecule has 0 bridgehead atoms. The zero-order valence-corrected chi connectivity index (χ0v) is 29.2. The molecule has 1 aromatic carbocycles. The van der Waals surface area contributed by atoms with Crippen LogP contribution in [-0.4, -0.2) is 28.6 Å². The van der Waals surface area contributed by atoms with Gasteiger partial charge in [0.25, 0.3) is 5.69 Å². The molecule has 6 rings (SSSR count). The third-order valence-electron chi connectivity index (χ3n) is 15.1. The number of nitro groups is 2. The van der Waals surface area contributed by atoms with Crippen LogP contribution in [-0.2, 0) is 9.53 Å². The van der Waals surface area contributed by atoms with Gasteiger partial charge in [0.15, 0.2) is 0 Å². The minimum Gasteiger partial charge on any atom is -0.469 e. The van der Waals surface area contributed by atoms with Gasteiger partial charge in [-0.1, -0.05) is 46.8 Å². The van der Waals surface area contributed by atoms with Crippen molar-refractivity contribution in [3.8, 4) is 0 Å². The summed E-state index contributed by atoms with van der Waals surface area (Å²) in [4.78, 5) is 35.2. The number of carbonyl (C=O) groups is 1. The van der Waals surface area contributed by atoms with Crippen LogP contribution in [0.5, 0.6) is 0 Å². The smallest absolute Gasteiger partial charge is 0.312 e. The zero-order valence-electron chi connectivity index (χ0n) is 29.2. The van der Waals surface area contributed by atoms with E-state index < -0.39 is 15.3 Å². The molecule has 0 saturated heterocycles. The number of nitro benzene ring substituents is 2. The van der Waals surface area contributed by atoms with Crippen LogP contribution in [0.1, 0.15) is 106 Å². The van der Waals surface area contributed by atoms with E-state index in [-0.39, 0.29) is 50.6 Å². The maximum atomic E-state index is 13.5. The summed E-state index contributed by atoms with van der Waals surface area (Å²) in [6, 6.07) is 3.62. The van der Waals surface area contributed by atoms with Crippen molar-refractivity contribution in [3.63, 3.8) is 0 Å². The van der Waals surface area contributed by atoms with E-state index in [4.69, 9.17) is 9.84 Å². The summed E-state index contributed by atoms with van der Waals surface area (Å²) in [5.74, 6) is 2.01. The van der Waals surface area contributed by atoms with E-state index in [9.17, 15) is 25.0 Å². The number of benzene rings is 1. The van der Waals surface area contributed by atoms with Crippen molar-refractivity contribution >= 4 is 28.7 Å². The number of anilines is 1. The predicted molar refractivity (Wildman–Crippen MR) is 182 cm³/mol. The number of esters is 1. The van der Waals surface area contributed by atoms with Crippen LogP contribution < -0.4 is 5.43 Å². The summed E-state index contributed by atoms with van der Waals surface area (Å²) in [7, 11) is 1.56. The van der Waals surface area contributed by atoms with Gasteiger partial charge in [-0.2, -0.15) is 5.10 Å². The lowest BCUT2D eigenvalue weighted by atomic mass is 9.32. The topological polar surface area (TPSA) is 137 Å². The minimum atomic E-state index is -0.631. The van der Waals surface area contributed by atoms with Crippen molar-refractivity contribution in [1.29, 1.82) is 0 Å². The number of ether oxygens (including phenoxy) is 1. The minimum absolute atomic E-state index is 0.00948. The number of non-ortho nitro benzene ring substituents is 1. The first-order chi connectivity index (χ1) is 22.0. The van der Waals surface area contributed by atoms with E-state index in [0.29, 0.717) is 23.7 Å². The zero-order chi connectivity index (χ0) is 34.3. The second kappa shape index (κ2) is 11.1. The molecule has 0 aliphatic heterocycles. The Balaban J connectivity index is 1.30. The fourth-order valence-electron chi connectivity index (χ4n) is 12.7. The Morgan fingerprint density at radius 1 is 0.936 bits per heavy atom. The van der Waals surface area contributed by atoms with E-state index in [1.165, 1.54) is 17.7 Å². The standard InChI is InChI=1S/C37H52N4O6/c1-22(2)24-13-18-37(32(42)47-8)20-19-35(6)25(31(24)37)10-12-29-34(5)16-15-30(33(3,4)28(34)14-17-36(29,35)7)39-38-26-11-9-23(40(43)44)21-27(26)41(45)46/h9,11,21,24-25,28-29,31,38H,1,10,12-20H2,2-8H3/b39-30-/t24-,25+,28-,29+,31+,34-,35+,36+,37-/m0/s1. The van der Waals surface area contributed by atoms with Gasteiger partial charge in [0.1, 0.15) is 5.69 Å². The average molecular weight is 649 g/mol. The van der Waals surface area contributed by atoms with E-state index in [1.807, 2.05) is 0 Å². The number of hydrogen-bond acceptors (Lipinski definition) is 8. The lowest BCUT2D eigenvalue weighted by molar-refractivity contribution is -0.393. The maximum Gasteiger partial charge on any atom is 0.312 e. The van der Waals surface area contributed by atoms with Gasteiger partial charge >= 0.3 is 11.7 Å². The third-order valence-corrected chi connectivity index (χ3v) is 15.1. The Kier molecular flexibility index (Phi) is 7.95. The fourth-order valence-corrected chi connectivity index (χ4v) is 12.7. The predicted octanol–water partition coefficient (Wildman–Crippen LogP) is 9.10. The number of nitrogens with zero attached hydrogens (tertiary/aromatic N) is 3. The molecule has 10 heteroatoms. The third kappa shape index (κ3) is 4.62. The highest BCUT2D eigenvalue weighted by molar-refractivity contribution is 5.91. The summed E-state index contributed by atoms with van der Waals surface area (Å²) >= 11 is 0. The van der Waals surface area contributed by atoms with E-state index in [0.717, 1.165) is 76.0 Å². The highest BCUT2D eigenvalue weighted by Crippen LogP contribution is 2.77. The van der Waals surface area contributed by atoms with Crippen LogP contribution in [0.3, 0.4) is 0 Å². The lowest BCUT2D eigenvalue weighted by Crippen LogP contribution is -2.66. The van der Waals surface area contributed by atoms with Gasteiger partial charge in [0.05, 0.1) is 28.4 Å². The quantitative estimate of drug-likeness (QED) is 0.141. The monoisotopic (exact) mass is 648 g/mol. The number of hydrogen-bond donors (Lipinski definition) is 1. The molecule has 0 spiro atoms. The molecule has 47 heavy (non-hydrogen) atoms. The molecule has 0 amide bonds. The van der Waals surface area contributed by atoms with Crippen molar-refractivity contribution in [1.82, 2.24) is 0 Å². The van der Waals surface area contributed by atoms with E-state index in [2.05, 4.69) is 53.5 Å². The Labute approximate surface area is 278 Å². The molecule has 5 aliphatic carbocycles. The first-order valence-electron chi connectivity index (χ1n) is 17.5. The summed E-state index contributed by atoms with van der Waals surface area (Å²) in [5, 5.41) is 27.7. The number of allylic oxidation sites excluding steroid dienone is 1. The fraction of sp³-hybridized carbons (Fsp3) is 0.730. The van der Waals surface area contributed by atoms with Crippen LogP contribution in [0.25, 0.3) is 0 Å². The molecule has 0 heterocycles. The first-order valence-corrected chi connectivity index (χ1v) is 17.5. The van der Waals surface area contributed by atoms with Crippen LogP contribution >= 0.6 is 0 Å². The summed E-state index contributed by atoms with van der Waals surface area (Å²) < 4.78 is 5.52. The first kappa shape index (κ1) is 33.6. The van der Waals surface area contributed by atoms with Gasteiger partial charge < -0.3 is 4.74 Å². The molecular formula is C37H52N4O6. The number of carbonyl (C=O) groups excluding carboxylic acids is 1. The van der Waals surface area contributed by atoms with E-state index in [1.54, 1.807) is 7.11 Å². The normalized spacial score (nSPS) is 41.1. The SMILES string of the molecule is C=C(C)[C@@H]1CC[C@]2(C(=O)OC)CC[C@]3(C)[C@H](CC[C@@H]4[C@@]5(C)CC/C(=N/Nc6ccc([N+](=O)[O-])cc6[N+](=O)[O-])C(C)(C)[C@@H]5CC[C@]43C)[C@@H]12. The van der Waals surface area contributed by atoms with Crippen LogP contribution in [0.2, 0.25) is 0 Å². The number of methoxy groups -OCH3 is 1. The molecule has 0 aromatic heterocycles. The molecular weight excluding hydrogens is 596 g/mol. The summed E-state index contributed by atoms with van der Waals surface area (Å²) in [6.45, 7) is 18.8. The molecule has 5 aliphatic rings. The Bertz CT molecular complexity index is 1550. The van der Waals surface area contributed by atoms with Gasteiger partial charge in [0.2, 0.25) is 0 Å². The second-order valence-electron chi connectivity index (χ2n) is 16.9. The highest BCUT2D eigenvalue weighted by Gasteiger charge is 2.72. The lowest BCUT2D eigenvalue weighted by Gasteiger charge is -2.72. The van der Waals surface area contributed by atoms with Crippen LogP contribution in [0.15, 0.2) is 35.5 Å². The van der Waals surface area contributed by atoms with Gasteiger partial charge in [-0.05, 0) is 123 Å². The summed E-state index contributed by atoms with van der Waals surface area (Å²) in [5.41, 5.74) is 4.31. The average Bonchev–Trinajstić information content (AvgIpc) is 3.41. The Hall–Kier alpha value is -3.30. The maximum absolute atomic E-state index is 13.5. The van der Waals surface area contributed by atoms with Gasteiger partial charge in [-0.15, -0.1) is 0 Å². The van der Waals surface area contributed by atoms with Gasteiger partial charge in [0, 0.05) is 17.2 Å². The highest BCUT2D eigenvalue weighted by atomic mass is 16.6. The molecule has 0 unspecified atom stereocenters. The Morgan fingerprint density at radius 3 is 2.30 bits per heavy atom. The molecule has 256 valence electrons. The molecule has 10 nitrogen and oxygen atoms in total. The largest absolute Gasteiger partial charge is 0.469 e. The number of hydrazone groups is 1. The molecule has 9 atom stereocenters. The van der Waals surface area contributed by atoms with Crippen LogP contribution in [0.4, 0.5) is 17.1 Å². The van der Waals surface area contributed by atoms with Crippen molar-refractivity contribution in [3.05, 3.63) is 50.6 Å². The number of nitrogens with one attached hydrogen (secondary N) is 1. The van der Waals surface area contributed by atoms with Crippen LogP contribution in [0, 0.1) is 76.9 Å². The van der Waals surface area contributed by atoms with Gasteiger partial charge in [-0.25, -0.2) is 0 Å². The second-order valence-corrected chi connectivity index (χ2v) is 16.9. The van der Waals surface area contributed by atoms with Gasteiger partial charge in [-0.3, -0.25) is 30.4 Å².